The standard InChI is InChI=1S/C10H10BrN3O2/c1-16-9(15)3-5-2-7-8(4-6(5)11)14-10(12)13-7/h2,4H,3H2,1H3,(H3,12,13,14). The number of nitrogens with zero attached hydrogens (tertiary/aromatic N) is 1. The molecule has 0 fully saturated rings. The van der Waals surface area contributed by atoms with Crippen LogP contribution in [0.5, 0.6) is 0 Å². The highest BCUT2D eigenvalue weighted by Gasteiger charge is 2.10. The van der Waals surface area contributed by atoms with Gasteiger partial charge in [-0.15, -0.1) is 0 Å². The summed E-state index contributed by atoms with van der Waals surface area (Å²) < 4.78 is 5.43. The first-order valence-corrected chi connectivity index (χ1v) is 5.40. The second-order valence-corrected chi connectivity index (χ2v) is 4.19. The van der Waals surface area contributed by atoms with E-state index in [-0.39, 0.29) is 12.4 Å². The van der Waals surface area contributed by atoms with E-state index in [2.05, 4.69) is 30.6 Å². The number of nitrogens with one attached hydrogen (secondary N) is 1. The van der Waals surface area contributed by atoms with Crippen molar-refractivity contribution in [1.29, 1.82) is 0 Å². The van der Waals surface area contributed by atoms with Gasteiger partial charge in [-0.25, -0.2) is 4.98 Å². The van der Waals surface area contributed by atoms with Crippen LogP contribution in [0.25, 0.3) is 11.0 Å². The van der Waals surface area contributed by atoms with E-state index in [1.807, 2.05) is 12.1 Å². The highest BCUT2D eigenvalue weighted by atomic mass is 79.9. The van der Waals surface area contributed by atoms with Crippen LogP contribution >= 0.6 is 15.9 Å². The summed E-state index contributed by atoms with van der Waals surface area (Å²) in [5, 5.41) is 0. The molecule has 2 aromatic rings. The van der Waals surface area contributed by atoms with E-state index < -0.39 is 0 Å². The van der Waals surface area contributed by atoms with Gasteiger partial charge in [0.25, 0.3) is 0 Å². The Morgan fingerprint density at radius 3 is 3.06 bits per heavy atom. The molecular weight excluding hydrogens is 274 g/mol. The monoisotopic (exact) mass is 283 g/mol. The summed E-state index contributed by atoms with van der Waals surface area (Å²) in [4.78, 5) is 18.2. The summed E-state index contributed by atoms with van der Waals surface area (Å²) in [7, 11) is 1.36. The number of rotatable bonds is 2. The number of halogens is 1. The summed E-state index contributed by atoms with van der Waals surface area (Å²) in [6.07, 6.45) is 0.214. The average Bonchev–Trinajstić information content (AvgIpc) is 2.58. The van der Waals surface area contributed by atoms with Crippen molar-refractivity contribution in [2.45, 2.75) is 6.42 Å². The fourth-order valence-electron chi connectivity index (χ4n) is 1.46. The molecule has 84 valence electrons. The summed E-state index contributed by atoms with van der Waals surface area (Å²) >= 11 is 3.38. The van der Waals surface area contributed by atoms with Crippen molar-refractivity contribution in [2.75, 3.05) is 12.8 Å². The number of carbonyl (C=O) groups excluding carboxylic acids is 1. The van der Waals surface area contributed by atoms with Crippen LogP contribution < -0.4 is 5.73 Å². The van der Waals surface area contributed by atoms with Gasteiger partial charge >= 0.3 is 5.97 Å². The van der Waals surface area contributed by atoms with Crippen molar-refractivity contribution in [2.24, 2.45) is 0 Å². The van der Waals surface area contributed by atoms with Crippen LogP contribution in [-0.2, 0) is 16.0 Å². The SMILES string of the molecule is COC(=O)Cc1cc2[nH]c(N)nc2cc1Br. The van der Waals surface area contributed by atoms with Gasteiger partial charge in [-0.1, -0.05) is 15.9 Å². The van der Waals surface area contributed by atoms with E-state index >= 15 is 0 Å². The number of esters is 1. The third-order valence-electron chi connectivity index (χ3n) is 2.23. The Balaban J connectivity index is 2.45. The predicted molar refractivity (Wildman–Crippen MR) is 63.9 cm³/mol. The second-order valence-electron chi connectivity index (χ2n) is 3.34. The number of methoxy groups -OCH3 is 1. The molecule has 0 aliphatic rings. The van der Waals surface area contributed by atoms with E-state index in [0.29, 0.717) is 5.95 Å². The highest BCUT2D eigenvalue weighted by molar-refractivity contribution is 9.10. The molecule has 2 rings (SSSR count). The molecule has 5 nitrogen and oxygen atoms in total. The number of nitrogen functional groups attached to an aromatic ring is 1. The van der Waals surface area contributed by atoms with E-state index in [1.165, 1.54) is 7.11 Å². The maximum Gasteiger partial charge on any atom is 0.310 e. The number of carbonyl (C=O) groups is 1. The number of hydrogen-bond acceptors (Lipinski definition) is 4. The lowest BCUT2D eigenvalue weighted by Crippen LogP contribution is -2.04. The van der Waals surface area contributed by atoms with Crippen LogP contribution in [0.2, 0.25) is 0 Å². The zero-order valence-electron chi connectivity index (χ0n) is 8.58. The number of aromatic nitrogens is 2. The Morgan fingerprint density at radius 2 is 2.38 bits per heavy atom. The number of nitrogens with two attached hydrogens (primary N) is 1. The van der Waals surface area contributed by atoms with Crippen molar-refractivity contribution in [1.82, 2.24) is 9.97 Å². The summed E-state index contributed by atoms with van der Waals surface area (Å²) in [6.45, 7) is 0. The second kappa shape index (κ2) is 4.13. The van der Waals surface area contributed by atoms with Gasteiger partial charge in [0, 0.05) is 4.47 Å². The molecule has 0 atom stereocenters. The predicted octanol–water partition coefficient (Wildman–Crippen LogP) is 1.62. The van der Waals surface area contributed by atoms with Gasteiger partial charge in [-0.2, -0.15) is 0 Å². The summed E-state index contributed by atoms with van der Waals surface area (Å²) in [6, 6.07) is 3.65. The minimum absolute atomic E-state index is 0.214. The molecule has 0 radical (unpaired) electrons. The van der Waals surface area contributed by atoms with E-state index in [9.17, 15) is 4.79 Å². The van der Waals surface area contributed by atoms with Crippen molar-refractivity contribution in [3.05, 3.63) is 22.2 Å². The Kier molecular flexibility index (Phi) is 2.82. The third-order valence-corrected chi connectivity index (χ3v) is 2.97. The maximum absolute atomic E-state index is 11.2. The lowest BCUT2D eigenvalue weighted by Gasteiger charge is -2.02. The smallest absolute Gasteiger partial charge is 0.310 e. The number of hydrogen-bond donors (Lipinski definition) is 2. The van der Waals surface area contributed by atoms with E-state index in [0.717, 1.165) is 21.1 Å². The lowest BCUT2D eigenvalue weighted by molar-refractivity contribution is -0.139. The minimum Gasteiger partial charge on any atom is -0.469 e. The Morgan fingerprint density at radius 1 is 1.62 bits per heavy atom. The van der Waals surface area contributed by atoms with Crippen LogP contribution in [0, 0.1) is 0 Å². The molecule has 1 heterocycles. The molecule has 0 saturated heterocycles. The highest BCUT2D eigenvalue weighted by Crippen LogP contribution is 2.24. The fraction of sp³-hybridized carbons (Fsp3) is 0.200. The van der Waals surface area contributed by atoms with Crippen molar-refractivity contribution < 1.29 is 9.53 Å². The zero-order chi connectivity index (χ0) is 11.7. The molecule has 0 saturated carbocycles. The number of anilines is 1. The maximum atomic E-state index is 11.2. The topological polar surface area (TPSA) is 81.0 Å². The fourth-order valence-corrected chi connectivity index (χ4v) is 1.93. The van der Waals surface area contributed by atoms with Crippen LogP contribution in [0.4, 0.5) is 5.95 Å². The average molecular weight is 284 g/mol. The molecule has 0 aliphatic carbocycles. The Labute approximate surface area is 100 Å². The molecule has 6 heteroatoms. The molecule has 0 aliphatic heterocycles. The molecule has 0 spiro atoms. The van der Waals surface area contributed by atoms with Gasteiger partial charge in [0.1, 0.15) is 0 Å². The molecule has 16 heavy (non-hydrogen) atoms. The molecule has 0 bridgehead atoms. The molecule has 3 N–H and O–H groups in total. The van der Waals surface area contributed by atoms with Gasteiger partial charge in [-0.3, -0.25) is 4.79 Å². The van der Waals surface area contributed by atoms with Crippen molar-refractivity contribution in [3.63, 3.8) is 0 Å². The first-order valence-electron chi connectivity index (χ1n) is 4.60. The summed E-state index contributed by atoms with van der Waals surface area (Å²) in [5.41, 5.74) is 7.95. The number of H-pyrrole nitrogens is 1. The molecule has 0 amide bonds. The minimum atomic E-state index is -0.285. The van der Waals surface area contributed by atoms with E-state index in [4.69, 9.17) is 5.73 Å². The normalized spacial score (nSPS) is 10.6. The lowest BCUT2D eigenvalue weighted by atomic mass is 10.1. The number of benzene rings is 1. The first kappa shape index (κ1) is 10.9. The van der Waals surface area contributed by atoms with Gasteiger partial charge in [0.15, 0.2) is 5.95 Å². The first-order chi connectivity index (χ1) is 7.60. The van der Waals surface area contributed by atoms with Gasteiger partial charge < -0.3 is 15.5 Å². The Hall–Kier alpha value is -1.56. The van der Waals surface area contributed by atoms with Crippen LogP contribution in [0.15, 0.2) is 16.6 Å². The third kappa shape index (κ3) is 2.01. The van der Waals surface area contributed by atoms with Crippen LogP contribution in [0.1, 0.15) is 5.56 Å². The van der Waals surface area contributed by atoms with Gasteiger partial charge in [0.2, 0.25) is 0 Å². The molecule has 1 aromatic heterocycles. The van der Waals surface area contributed by atoms with E-state index in [1.54, 1.807) is 0 Å². The van der Waals surface area contributed by atoms with Gasteiger partial charge in [-0.05, 0) is 17.7 Å². The largest absolute Gasteiger partial charge is 0.469 e. The Bertz CT molecular complexity index is 550. The number of imidazole rings is 1. The molecule has 0 unspecified atom stereocenters. The molecule has 1 aromatic carbocycles. The van der Waals surface area contributed by atoms with Gasteiger partial charge in [0.05, 0.1) is 24.6 Å². The number of aromatic amines is 1. The van der Waals surface area contributed by atoms with Crippen molar-refractivity contribution >= 4 is 38.9 Å². The quantitative estimate of drug-likeness (QED) is 0.821. The van der Waals surface area contributed by atoms with Crippen LogP contribution in [-0.4, -0.2) is 23.0 Å². The number of fused-ring (bicyclic) bond motifs is 1. The number of ether oxygens (including phenoxy) is 1. The zero-order valence-corrected chi connectivity index (χ0v) is 10.2. The summed E-state index contributed by atoms with van der Waals surface area (Å²) in [5.74, 6) is 0.0738. The van der Waals surface area contributed by atoms with Crippen molar-refractivity contribution in [3.8, 4) is 0 Å². The molecular formula is C10H10BrN3O2. The van der Waals surface area contributed by atoms with Crippen LogP contribution in [0.3, 0.4) is 0 Å².